The van der Waals surface area contributed by atoms with Crippen LogP contribution in [0.3, 0.4) is 0 Å². The molecule has 1 heterocycles. The fraction of sp³-hybridized carbons (Fsp3) is 0.200. The predicted molar refractivity (Wildman–Crippen MR) is 38.4 cm³/mol. The van der Waals surface area contributed by atoms with Crippen LogP contribution in [0.2, 0.25) is 0 Å². The van der Waals surface area contributed by atoms with Gasteiger partial charge in [0, 0.05) is 5.46 Å². The van der Waals surface area contributed by atoms with Crippen molar-refractivity contribution in [3.05, 3.63) is 12.4 Å². The van der Waals surface area contributed by atoms with Crippen LogP contribution in [-0.2, 0) is 0 Å². The molecule has 0 saturated carbocycles. The molecule has 0 aliphatic carbocycles. The van der Waals surface area contributed by atoms with E-state index in [2.05, 4.69) is 10.2 Å². The second-order valence-electron chi connectivity index (χ2n) is 1.89. The second-order valence-corrected chi connectivity index (χ2v) is 1.89. The number of hydrogen-bond donors (Lipinski definition) is 2. The molecule has 2 N–H and O–H groups in total. The zero-order valence-corrected chi connectivity index (χ0v) is 5.93. The normalized spacial score (nSPS) is 9.36. The van der Waals surface area contributed by atoms with Crippen LogP contribution in [0.25, 0.3) is 0 Å². The van der Waals surface area contributed by atoms with Gasteiger partial charge in [0.2, 0.25) is 0 Å². The first-order valence-corrected chi connectivity index (χ1v) is 2.96. The van der Waals surface area contributed by atoms with Crippen LogP contribution in [0.4, 0.5) is 0 Å². The summed E-state index contributed by atoms with van der Waals surface area (Å²) in [5.74, 6) is 0.315. The SMILES string of the molecule is COc1cnncc1B(O)O. The van der Waals surface area contributed by atoms with Crippen molar-refractivity contribution < 1.29 is 14.8 Å². The van der Waals surface area contributed by atoms with Crippen molar-refractivity contribution in [3.63, 3.8) is 0 Å². The van der Waals surface area contributed by atoms with Gasteiger partial charge in [-0.3, -0.25) is 0 Å². The molecule has 11 heavy (non-hydrogen) atoms. The molecule has 0 amide bonds. The number of nitrogens with zero attached hydrogens (tertiary/aromatic N) is 2. The van der Waals surface area contributed by atoms with E-state index in [1.54, 1.807) is 0 Å². The lowest BCUT2D eigenvalue weighted by Crippen LogP contribution is -2.31. The Morgan fingerprint density at radius 1 is 1.36 bits per heavy atom. The van der Waals surface area contributed by atoms with Gasteiger partial charge in [-0.2, -0.15) is 10.2 Å². The van der Waals surface area contributed by atoms with E-state index >= 15 is 0 Å². The van der Waals surface area contributed by atoms with E-state index in [0.717, 1.165) is 0 Å². The van der Waals surface area contributed by atoms with Crippen LogP contribution in [0.1, 0.15) is 0 Å². The molecule has 1 aromatic rings. The molecule has 0 radical (unpaired) electrons. The summed E-state index contributed by atoms with van der Waals surface area (Å²) >= 11 is 0. The van der Waals surface area contributed by atoms with E-state index in [0.29, 0.717) is 5.75 Å². The molecule has 0 saturated heterocycles. The molecule has 0 spiro atoms. The molecule has 0 fully saturated rings. The molecule has 6 heteroatoms. The number of ether oxygens (including phenoxy) is 1. The van der Waals surface area contributed by atoms with Gasteiger partial charge >= 0.3 is 7.12 Å². The number of aromatic nitrogens is 2. The summed E-state index contributed by atoms with van der Waals surface area (Å²) in [5.41, 5.74) is 0.211. The van der Waals surface area contributed by atoms with Crippen LogP contribution < -0.4 is 10.2 Å². The van der Waals surface area contributed by atoms with E-state index in [9.17, 15) is 0 Å². The highest BCUT2D eigenvalue weighted by molar-refractivity contribution is 6.59. The third-order valence-corrected chi connectivity index (χ3v) is 1.22. The highest BCUT2D eigenvalue weighted by Crippen LogP contribution is 2.00. The second kappa shape index (κ2) is 3.31. The van der Waals surface area contributed by atoms with Gasteiger partial charge < -0.3 is 14.8 Å². The maximum absolute atomic E-state index is 8.74. The molecule has 58 valence electrons. The summed E-state index contributed by atoms with van der Waals surface area (Å²) in [6.07, 6.45) is 2.55. The third kappa shape index (κ3) is 1.66. The van der Waals surface area contributed by atoms with Crippen LogP contribution >= 0.6 is 0 Å². The van der Waals surface area contributed by atoms with Crippen LogP contribution in [-0.4, -0.2) is 34.5 Å². The van der Waals surface area contributed by atoms with Gasteiger partial charge in [-0.15, -0.1) is 0 Å². The van der Waals surface area contributed by atoms with Crippen molar-refractivity contribution in [2.75, 3.05) is 7.11 Å². The fourth-order valence-corrected chi connectivity index (χ4v) is 0.684. The zero-order chi connectivity index (χ0) is 8.27. The van der Waals surface area contributed by atoms with Crippen molar-refractivity contribution in [1.82, 2.24) is 10.2 Å². The molecule has 0 atom stereocenters. The van der Waals surface area contributed by atoms with E-state index in [4.69, 9.17) is 14.8 Å². The zero-order valence-electron chi connectivity index (χ0n) is 5.93. The maximum Gasteiger partial charge on any atom is 0.493 e. The molecular weight excluding hydrogens is 147 g/mol. The van der Waals surface area contributed by atoms with Crippen molar-refractivity contribution in [2.45, 2.75) is 0 Å². The standard InChI is InChI=1S/C5H7BN2O3/c1-11-5-3-8-7-2-4(5)6(9)10/h2-3,9-10H,1H3. The van der Waals surface area contributed by atoms with Gasteiger partial charge in [0.05, 0.1) is 19.5 Å². The quantitative estimate of drug-likeness (QED) is 0.489. The van der Waals surface area contributed by atoms with Gasteiger partial charge in [-0.05, 0) is 0 Å². The summed E-state index contributed by atoms with van der Waals surface area (Å²) in [6, 6.07) is 0. The smallest absolute Gasteiger partial charge is 0.493 e. The summed E-state index contributed by atoms with van der Waals surface area (Å²) in [5, 5.41) is 24.5. The largest absolute Gasteiger partial charge is 0.495 e. The topological polar surface area (TPSA) is 75.5 Å². The van der Waals surface area contributed by atoms with Gasteiger partial charge in [0.25, 0.3) is 0 Å². The minimum absolute atomic E-state index is 0.211. The molecule has 0 aliphatic heterocycles. The monoisotopic (exact) mass is 154 g/mol. The maximum atomic E-state index is 8.74. The van der Waals surface area contributed by atoms with Crippen molar-refractivity contribution in [3.8, 4) is 5.75 Å². The van der Waals surface area contributed by atoms with Crippen molar-refractivity contribution in [2.24, 2.45) is 0 Å². The lowest BCUT2D eigenvalue weighted by Gasteiger charge is -2.03. The molecule has 0 aromatic carbocycles. The van der Waals surface area contributed by atoms with Crippen LogP contribution in [0.15, 0.2) is 12.4 Å². The highest BCUT2D eigenvalue weighted by Gasteiger charge is 2.16. The summed E-state index contributed by atoms with van der Waals surface area (Å²) < 4.78 is 4.78. The first kappa shape index (κ1) is 7.97. The van der Waals surface area contributed by atoms with E-state index in [1.807, 2.05) is 0 Å². The van der Waals surface area contributed by atoms with E-state index in [-0.39, 0.29) is 5.46 Å². The molecule has 1 aromatic heterocycles. The molecule has 0 bridgehead atoms. The molecule has 0 aliphatic rings. The Labute approximate surface area is 63.8 Å². The summed E-state index contributed by atoms with van der Waals surface area (Å²) in [6.45, 7) is 0. The molecule has 5 nitrogen and oxygen atoms in total. The molecule has 0 unspecified atom stereocenters. The van der Waals surface area contributed by atoms with Gasteiger partial charge in [0.15, 0.2) is 0 Å². The average Bonchev–Trinajstić information content (AvgIpc) is 2.04. The average molecular weight is 154 g/mol. The number of hydrogen-bond acceptors (Lipinski definition) is 5. The van der Waals surface area contributed by atoms with Gasteiger partial charge in [-0.25, -0.2) is 0 Å². The minimum atomic E-state index is -1.57. The van der Waals surface area contributed by atoms with Gasteiger partial charge in [0.1, 0.15) is 5.75 Å². The first-order chi connectivity index (χ1) is 5.25. The Bertz CT molecular complexity index is 243. The predicted octanol–water partition coefficient (Wildman–Crippen LogP) is -1.84. The Morgan fingerprint density at radius 2 is 2.00 bits per heavy atom. The lowest BCUT2D eigenvalue weighted by atomic mass is 9.81. The fourth-order valence-electron chi connectivity index (χ4n) is 0.684. The Morgan fingerprint density at radius 3 is 2.45 bits per heavy atom. The minimum Gasteiger partial charge on any atom is -0.495 e. The lowest BCUT2D eigenvalue weighted by molar-refractivity contribution is 0.400. The Hall–Kier alpha value is -1.14. The van der Waals surface area contributed by atoms with Gasteiger partial charge in [-0.1, -0.05) is 0 Å². The number of rotatable bonds is 2. The third-order valence-electron chi connectivity index (χ3n) is 1.22. The Balaban J connectivity index is 3.02. The first-order valence-electron chi connectivity index (χ1n) is 2.96. The van der Waals surface area contributed by atoms with E-state index in [1.165, 1.54) is 19.5 Å². The van der Waals surface area contributed by atoms with Crippen molar-refractivity contribution >= 4 is 12.6 Å². The Kier molecular flexibility index (Phi) is 2.40. The summed E-state index contributed by atoms with van der Waals surface area (Å²) in [4.78, 5) is 0. The van der Waals surface area contributed by atoms with E-state index < -0.39 is 7.12 Å². The van der Waals surface area contributed by atoms with Crippen molar-refractivity contribution in [1.29, 1.82) is 0 Å². The van der Waals surface area contributed by atoms with Crippen LogP contribution in [0.5, 0.6) is 5.75 Å². The highest BCUT2D eigenvalue weighted by atomic mass is 16.5. The summed E-state index contributed by atoms with van der Waals surface area (Å²) in [7, 11) is -0.149. The van der Waals surface area contributed by atoms with Crippen LogP contribution in [0, 0.1) is 0 Å². The number of methoxy groups -OCH3 is 1. The molecule has 1 rings (SSSR count). The molecular formula is C5H7BN2O3.